The fraction of sp³-hybridized carbons (Fsp3) is 0.263. The number of carbonyl (C=O) groups excluding carboxylic acids is 3. The van der Waals surface area contributed by atoms with Crippen molar-refractivity contribution in [1.82, 2.24) is 14.8 Å². The van der Waals surface area contributed by atoms with E-state index in [1.165, 1.54) is 0 Å². The molecule has 0 unspecified atom stereocenters. The van der Waals surface area contributed by atoms with E-state index in [4.69, 9.17) is 0 Å². The zero-order valence-corrected chi connectivity index (χ0v) is 14.0. The molecule has 1 aliphatic heterocycles. The molecule has 0 aliphatic carbocycles. The molecular weight excluding hydrogens is 318 g/mol. The molecule has 0 saturated heterocycles. The number of rotatable bonds is 6. The van der Waals surface area contributed by atoms with Gasteiger partial charge in [0, 0.05) is 25.5 Å². The van der Waals surface area contributed by atoms with E-state index >= 15 is 0 Å². The first-order valence-electron chi connectivity index (χ1n) is 8.23. The summed E-state index contributed by atoms with van der Waals surface area (Å²) in [5.41, 5.74) is 1.81. The van der Waals surface area contributed by atoms with Gasteiger partial charge in [0.1, 0.15) is 6.54 Å². The lowest BCUT2D eigenvalue weighted by Crippen LogP contribution is -2.43. The van der Waals surface area contributed by atoms with Gasteiger partial charge < -0.3 is 4.90 Å². The maximum Gasteiger partial charge on any atom is 0.262 e. The molecule has 0 saturated carbocycles. The van der Waals surface area contributed by atoms with E-state index in [0.29, 0.717) is 30.6 Å². The zero-order chi connectivity index (χ0) is 17.8. The Morgan fingerprint density at radius 3 is 2.20 bits per heavy atom. The third kappa shape index (κ3) is 3.42. The molecule has 1 aliphatic rings. The van der Waals surface area contributed by atoms with E-state index < -0.39 is 11.8 Å². The fourth-order valence-electron chi connectivity index (χ4n) is 2.89. The fourth-order valence-corrected chi connectivity index (χ4v) is 2.89. The minimum Gasteiger partial charge on any atom is -0.341 e. The Bertz CT molecular complexity index is 770. The standard InChI is InChI=1S/C19H19N3O3/c1-2-21(12-9-14-7-10-20-11-8-14)17(23)13-22-18(24)15-5-3-4-6-16(15)19(22)25/h3-8,10-11H,2,9,12-13H2,1H3. The molecule has 2 heterocycles. The van der Waals surface area contributed by atoms with Crippen LogP contribution in [0.1, 0.15) is 33.2 Å². The van der Waals surface area contributed by atoms with Crippen molar-refractivity contribution >= 4 is 17.7 Å². The zero-order valence-electron chi connectivity index (χ0n) is 14.0. The molecule has 1 aromatic carbocycles. The van der Waals surface area contributed by atoms with Crippen molar-refractivity contribution in [1.29, 1.82) is 0 Å². The van der Waals surface area contributed by atoms with Crippen molar-refractivity contribution in [3.05, 3.63) is 65.5 Å². The van der Waals surface area contributed by atoms with E-state index in [9.17, 15) is 14.4 Å². The Hall–Kier alpha value is -3.02. The van der Waals surface area contributed by atoms with Crippen LogP contribution in [-0.2, 0) is 11.2 Å². The van der Waals surface area contributed by atoms with Crippen molar-refractivity contribution in [2.24, 2.45) is 0 Å². The van der Waals surface area contributed by atoms with E-state index in [2.05, 4.69) is 4.98 Å². The molecule has 0 spiro atoms. The SMILES string of the molecule is CCN(CCc1ccncc1)C(=O)CN1C(=O)c2ccccc2C1=O. The van der Waals surface area contributed by atoms with Gasteiger partial charge in [0.2, 0.25) is 5.91 Å². The number of amides is 3. The summed E-state index contributed by atoms with van der Waals surface area (Å²) in [5.74, 6) is -1.04. The van der Waals surface area contributed by atoms with Gasteiger partial charge in [-0.2, -0.15) is 0 Å². The number of imide groups is 1. The van der Waals surface area contributed by atoms with E-state index in [1.807, 2.05) is 19.1 Å². The Kier molecular flexibility index (Phi) is 4.88. The number of benzene rings is 1. The Balaban J connectivity index is 1.65. The molecule has 3 amide bonds. The Morgan fingerprint density at radius 1 is 1.04 bits per heavy atom. The lowest BCUT2D eigenvalue weighted by molar-refractivity contribution is -0.131. The van der Waals surface area contributed by atoms with Crippen LogP contribution in [0.3, 0.4) is 0 Å². The molecule has 6 nitrogen and oxygen atoms in total. The minimum atomic E-state index is -0.404. The second-order valence-electron chi connectivity index (χ2n) is 5.82. The molecule has 1 aromatic heterocycles. The predicted octanol–water partition coefficient (Wildman–Crippen LogP) is 1.77. The Labute approximate surface area is 146 Å². The van der Waals surface area contributed by atoms with E-state index in [0.717, 1.165) is 10.5 Å². The number of hydrogen-bond acceptors (Lipinski definition) is 4. The number of carbonyl (C=O) groups is 3. The van der Waals surface area contributed by atoms with Gasteiger partial charge in [-0.15, -0.1) is 0 Å². The summed E-state index contributed by atoms with van der Waals surface area (Å²) in [6, 6.07) is 10.5. The first kappa shape index (κ1) is 16.8. The summed E-state index contributed by atoms with van der Waals surface area (Å²) in [7, 11) is 0. The normalized spacial score (nSPS) is 13.1. The molecule has 25 heavy (non-hydrogen) atoms. The molecule has 0 bridgehead atoms. The summed E-state index contributed by atoms with van der Waals surface area (Å²) in [4.78, 5) is 43.9. The van der Waals surface area contributed by atoms with Crippen LogP contribution in [0.5, 0.6) is 0 Å². The number of likely N-dealkylation sites (N-methyl/N-ethyl adjacent to an activating group) is 1. The van der Waals surface area contributed by atoms with Gasteiger partial charge in [-0.1, -0.05) is 12.1 Å². The van der Waals surface area contributed by atoms with Gasteiger partial charge in [-0.05, 0) is 43.2 Å². The average Bonchev–Trinajstić information content (AvgIpc) is 2.88. The molecule has 0 fully saturated rings. The van der Waals surface area contributed by atoms with Gasteiger partial charge >= 0.3 is 0 Å². The lowest BCUT2D eigenvalue weighted by Gasteiger charge is -2.23. The van der Waals surface area contributed by atoms with Crippen LogP contribution < -0.4 is 0 Å². The third-order valence-corrected chi connectivity index (χ3v) is 4.33. The summed E-state index contributed by atoms with van der Waals surface area (Å²) < 4.78 is 0. The predicted molar refractivity (Wildman–Crippen MR) is 92.0 cm³/mol. The quantitative estimate of drug-likeness (QED) is 0.753. The van der Waals surface area contributed by atoms with Crippen molar-refractivity contribution in [3.63, 3.8) is 0 Å². The summed E-state index contributed by atoms with van der Waals surface area (Å²) in [6.07, 6.45) is 4.13. The first-order chi connectivity index (χ1) is 12.1. The van der Waals surface area contributed by atoms with Gasteiger partial charge in [-0.3, -0.25) is 24.3 Å². The molecule has 6 heteroatoms. The van der Waals surface area contributed by atoms with Crippen LogP contribution in [0.15, 0.2) is 48.8 Å². The van der Waals surface area contributed by atoms with Crippen molar-refractivity contribution in [3.8, 4) is 0 Å². The number of pyridine rings is 1. The molecule has 0 N–H and O–H groups in total. The van der Waals surface area contributed by atoms with Crippen LogP contribution in [0.4, 0.5) is 0 Å². The van der Waals surface area contributed by atoms with E-state index in [-0.39, 0.29) is 12.5 Å². The van der Waals surface area contributed by atoms with Crippen LogP contribution in [0.2, 0.25) is 0 Å². The molecule has 0 atom stereocenters. The number of hydrogen-bond donors (Lipinski definition) is 0. The largest absolute Gasteiger partial charge is 0.341 e. The smallest absolute Gasteiger partial charge is 0.262 e. The third-order valence-electron chi connectivity index (χ3n) is 4.33. The number of nitrogens with zero attached hydrogens (tertiary/aromatic N) is 3. The second-order valence-corrected chi connectivity index (χ2v) is 5.82. The van der Waals surface area contributed by atoms with Crippen LogP contribution in [0, 0.1) is 0 Å². The molecule has 3 rings (SSSR count). The molecule has 0 radical (unpaired) electrons. The van der Waals surface area contributed by atoms with Crippen molar-refractivity contribution < 1.29 is 14.4 Å². The maximum absolute atomic E-state index is 12.6. The molecule has 128 valence electrons. The summed E-state index contributed by atoms with van der Waals surface area (Å²) in [5, 5.41) is 0. The average molecular weight is 337 g/mol. The highest BCUT2D eigenvalue weighted by Crippen LogP contribution is 2.22. The highest BCUT2D eigenvalue weighted by Gasteiger charge is 2.36. The highest BCUT2D eigenvalue weighted by atomic mass is 16.2. The van der Waals surface area contributed by atoms with Gasteiger partial charge in [0.15, 0.2) is 0 Å². The van der Waals surface area contributed by atoms with Crippen molar-refractivity contribution in [2.45, 2.75) is 13.3 Å². The van der Waals surface area contributed by atoms with Crippen LogP contribution in [-0.4, -0.2) is 52.1 Å². The first-order valence-corrected chi connectivity index (χ1v) is 8.23. The van der Waals surface area contributed by atoms with Gasteiger partial charge in [0.25, 0.3) is 11.8 Å². The molecular formula is C19H19N3O3. The van der Waals surface area contributed by atoms with Gasteiger partial charge in [0.05, 0.1) is 11.1 Å². The Morgan fingerprint density at radius 2 is 1.64 bits per heavy atom. The number of aromatic nitrogens is 1. The number of fused-ring (bicyclic) bond motifs is 1. The molecule has 2 aromatic rings. The monoisotopic (exact) mass is 337 g/mol. The minimum absolute atomic E-state index is 0.226. The van der Waals surface area contributed by atoms with Crippen molar-refractivity contribution in [2.75, 3.05) is 19.6 Å². The highest BCUT2D eigenvalue weighted by molar-refractivity contribution is 6.22. The van der Waals surface area contributed by atoms with Crippen LogP contribution in [0.25, 0.3) is 0 Å². The van der Waals surface area contributed by atoms with E-state index in [1.54, 1.807) is 41.6 Å². The topological polar surface area (TPSA) is 70.6 Å². The lowest BCUT2D eigenvalue weighted by atomic mass is 10.1. The van der Waals surface area contributed by atoms with Crippen LogP contribution >= 0.6 is 0 Å². The maximum atomic E-state index is 12.6. The summed E-state index contributed by atoms with van der Waals surface area (Å²) in [6.45, 7) is 2.71. The summed E-state index contributed by atoms with van der Waals surface area (Å²) >= 11 is 0. The second kappa shape index (κ2) is 7.25. The van der Waals surface area contributed by atoms with Gasteiger partial charge in [-0.25, -0.2) is 0 Å².